The fourth-order valence-corrected chi connectivity index (χ4v) is 5.91. The summed E-state index contributed by atoms with van der Waals surface area (Å²) < 4.78 is 6.36. The molecule has 1 aliphatic rings. The molecule has 0 saturated heterocycles. The largest absolute Gasteiger partial charge is 0.472 e. The SMILES string of the molecule is Cc1ccc(-c2nc(OCc3ccccc3)c([C@@H]3C[C@H](C)CC[C@H]3C(C)C)s2)cc1. The zero-order valence-corrected chi connectivity index (χ0v) is 19.4. The van der Waals surface area contributed by atoms with E-state index >= 15 is 0 Å². The van der Waals surface area contributed by atoms with E-state index in [1.54, 1.807) is 0 Å². The van der Waals surface area contributed by atoms with Gasteiger partial charge in [0.15, 0.2) is 0 Å². The number of aryl methyl sites for hydroxylation is 1. The average molecular weight is 420 g/mol. The third kappa shape index (κ3) is 4.78. The first-order valence-corrected chi connectivity index (χ1v) is 12.1. The Morgan fingerprint density at radius 1 is 1.03 bits per heavy atom. The summed E-state index contributed by atoms with van der Waals surface area (Å²) in [6, 6.07) is 19.1. The molecule has 1 fully saturated rings. The molecule has 0 N–H and O–H groups in total. The lowest BCUT2D eigenvalue weighted by molar-refractivity contribution is 0.193. The van der Waals surface area contributed by atoms with Crippen LogP contribution in [-0.2, 0) is 6.61 Å². The van der Waals surface area contributed by atoms with Gasteiger partial charge in [-0.2, -0.15) is 0 Å². The second-order valence-electron chi connectivity index (χ2n) is 9.26. The Morgan fingerprint density at radius 3 is 2.47 bits per heavy atom. The van der Waals surface area contributed by atoms with Crippen LogP contribution in [0.25, 0.3) is 10.6 Å². The first-order chi connectivity index (χ1) is 14.5. The number of nitrogens with zero attached hydrogens (tertiary/aromatic N) is 1. The minimum atomic E-state index is 0.538. The molecule has 0 aliphatic heterocycles. The van der Waals surface area contributed by atoms with Crippen LogP contribution in [0, 0.1) is 24.7 Å². The van der Waals surface area contributed by atoms with Gasteiger partial charge in [0.25, 0.3) is 0 Å². The molecule has 1 aliphatic carbocycles. The number of hydrogen-bond donors (Lipinski definition) is 0. The molecule has 0 radical (unpaired) electrons. The maximum absolute atomic E-state index is 6.36. The van der Waals surface area contributed by atoms with Crippen molar-refractivity contribution in [2.45, 2.75) is 59.5 Å². The summed E-state index contributed by atoms with van der Waals surface area (Å²) in [6.07, 6.45) is 3.88. The molecule has 0 amide bonds. The van der Waals surface area contributed by atoms with Crippen LogP contribution in [0.4, 0.5) is 0 Å². The molecule has 2 aromatic carbocycles. The lowest BCUT2D eigenvalue weighted by Gasteiger charge is -2.37. The summed E-state index contributed by atoms with van der Waals surface area (Å²) in [7, 11) is 0. The van der Waals surface area contributed by atoms with E-state index in [-0.39, 0.29) is 0 Å². The van der Waals surface area contributed by atoms with Crippen molar-refractivity contribution >= 4 is 11.3 Å². The van der Waals surface area contributed by atoms with E-state index in [4.69, 9.17) is 9.72 Å². The van der Waals surface area contributed by atoms with Gasteiger partial charge in [-0.3, -0.25) is 0 Å². The second-order valence-corrected chi connectivity index (χ2v) is 10.3. The second kappa shape index (κ2) is 9.34. The van der Waals surface area contributed by atoms with E-state index in [1.165, 1.54) is 40.8 Å². The smallest absolute Gasteiger partial charge is 0.228 e. The van der Waals surface area contributed by atoms with E-state index < -0.39 is 0 Å². The van der Waals surface area contributed by atoms with Crippen LogP contribution >= 0.6 is 11.3 Å². The highest BCUT2D eigenvalue weighted by Gasteiger charge is 2.35. The molecule has 3 heteroatoms. The number of ether oxygens (including phenoxy) is 1. The van der Waals surface area contributed by atoms with Gasteiger partial charge in [-0.1, -0.05) is 87.4 Å². The molecular formula is C27H33NOS. The van der Waals surface area contributed by atoms with E-state index in [0.717, 1.165) is 16.8 Å². The summed E-state index contributed by atoms with van der Waals surface area (Å²) >= 11 is 1.85. The van der Waals surface area contributed by atoms with Crippen LogP contribution in [0.15, 0.2) is 54.6 Å². The molecule has 0 unspecified atom stereocenters. The van der Waals surface area contributed by atoms with Gasteiger partial charge in [0.1, 0.15) is 11.6 Å². The minimum absolute atomic E-state index is 0.538. The van der Waals surface area contributed by atoms with Crippen molar-refractivity contribution in [2.24, 2.45) is 17.8 Å². The highest BCUT2D eigenvalue weighted by Crippen LogP contribution is 2.49. The molecule has 0 bridgehead atoms. The molecule has 30 heavy (non-hydrogen) atoms. The average Bonchev–Trinajstić information content (AvgIpc) is 3.17. The summed E-state index contributed by atoms with van der Waals surface area (Å²) in [5, 5.41) is 1.08. The molecule has 4 rings (SSSR count). The maximum Gasteiger partial charge on any atom is 0.228 e. The number of thiazole rings is 1. The minimum Gasteiger partial charge on any atom is -0.472 e. The highest BCUT2D eigenvalue weighted by atomic mass is 32.1. The quantitative estimate of drug-likeness (QED) is 0.405. The van der Waals surface area contributed by atoms with E-state index in [1.807, 2.05) is 17.4 Å². The number of aromatic nitrogens is 1. The summed E-state index contributed by atoms with van der Waals surface area (Å²) in [5.41, 5.74) is 3.65. The topological polar surface area (TPSA) is 22.1 Å². The van der Waals surface area contributed by atoms with Crippen LogP contribution in [0.3, 0.4) is 0 Å². The molecule has 3 aromatic rings. The lowest BCUT2D eigenvalue weighted by atomic mass is 9.69. The van der Waals surface area contributed by atoms with Gasteiger partial charge < -0.3 is 4.74 Å². The number of hydrogen-bond acceptors (Lipinski definition) is 3. The maximum atomic E-state index is 6.36. The monoisotopic (exact) mass is 419 g/mol. The van der Waals surface area contributed by atoms with Gasteiger partial charge in [-0.05, 0) is 43.1 Å². The lowest BCUT2D eigenvalue weighted by Crippen LogP contribution is -2.25. The molecule has 1 heterocycles. The fraction of sp³-hybridized carbons (Fsp3) is 0.444. The zero-order chi connectivity index (χ0) is 21.1. The van der Waals surface area contributed by atoms with Gasteiger partial charge >= 0.3 is 0 Å². The van der Waals surface area contributed by atoms with Crippen LogP contribution in [0.1, 0.15) is 62.0 Å². The standard InChI is InChI=1S/C27H33NOS/c1-18(2)23-15-12-20(4)16-24(23)25-26(29-17-21-8-6-5-7-9-21)28-27(30-25)22-13-10-19(3)11-14-22/h5-11,13-14,18,20,23-24H,12,15-17H2,1-4H3/t20-,23+,24-/m1/s1. The van der Waals surface area contributed by atoms with Crippen molar-refractivity contribution in [3.63, 3.8) is 0 Å². The van der Waals surface area contributed by atoms with Crippen LogP contribution < -0.4 is 4.74 Å². The Morgan fingerprint density at radius 2 is 1.77 bits per heavy atom. The Hall–Kier alpha value is -2.13. The predicted molar refractivity (Wildman–Crippen MR) is 127 cm³/mol. The van der Waals surface area contributed by atoms with Crippen molar-refractivity contribution in [1.82, 2.24) is 4.98 Å². The number of benzene rings is 2. The molecule has 2 nitrogen and oxygen atoms in total. The summed E-state index contributed by atoms with van der Waals surface area (Å²) in [5.74, 6) is 3.53. The van der Waals surface area contributed by atoms with Gasteiger partial charge in [0.2, 0.25) is 5.88 Å². The Balaban J connectivity index is 1.69. The van der Waals surface area contributed by atoms with Crippen LogP contribution in [-0.4, -0.2) is 4.98 Å². The molecule has 1 saturated carbocycles. The van der Waals surface area contributed by atoms with E-state index in [2.05, 4.69) is 76.2 Å². The summed E-state index contributed by atoms with van der Waals surface area (Å²) in [4.78, 5) is 6.37. The van der Waals surface area contributed by atoms with E-state index in [0.29, 0.717) is 24.4 Å². The van der Waals surface area contributed by atoms with Crippen molar-refractivity contribution in [3.05, 3.63) is 70.6 Å². The van der Waals surface area contributed by atoms with Gasteiger partial charge in [-0.15, -0.1) is 11.3 Å². The Bertz CT molecular complexity index is 945. The normalized spacial score (nSPS) is 21.7. The molecular weight excluding hydrogens is 386 g/mol. The molecule has 1 aromatic heterocycles. The third-order valence-electron chi connectivity index (χ3n) is 6.50. The predicted octanol–water partition coefficient (Wildman–Crippen LogP) is 7.87. The highest BCUT2D eigenvalue weighted by molar-refractivity contribution is 7.15. The van der Waals surface area contributed by atoms with Crippen LogP contribution in [0.5, 0.6) is 5.88 Å². The van der Waals surface area contributed by atoms with Gasteiger partial charge in [-0.25, -0.2) is 4.98 Å². The van der Waals surface area contributed by atoms with Gasteiger partial charge in [0, 0.05) is 11.5 Å². The van der Waals surface area contributed by atoms with Crippen molar-refractivity contribution in [3.8, 4) is 16.5 Å². The van der Waals surface area contributed by atoms with Crippen molar-refractivity contribution in [2.75, 3.05) is 0 Å². The summed E-state index contributed by atoms with van der Waals surface area (Å²) in [6.45, 7) is 9.84. The molecule has 0 spiro atoms. The fourth-order valence-electron chi connectivity index (χ4n) is 4.70. The molecule has 158 valence electrons. The Labute approximate surface area is 185 Å². The number of rotatable bonds is 6. The third-order valence-corrected chi connectivity index (χ3v) is 7.71. The molecule has 3 atom stereocenters. The van der Waals surface area contributed by atoms with Crippen molar-refractivity contribution < 1.29 is 4.74 Å². The zero-order valence-electron chi connectivity index (χ0n) is 18.6. The first-order valence-electron chi connectivity index (χ1n) is 11.3. The van der Waals surface area contributed by atoms with Gasteiger partial charge in [0.05, 0.1) is 4.88 Å². The van der Waals surface area contributed by atoms with Crippen molar-refractivity contribution in [1.29, 1.82) is 0 Å². The Kier molecular flexibility index (Phi) is 6.58. The first kappa shape index (κ1) is 21.1. The van der Waals surface area contributed by atoms with Crippen LogP contribution in [0.2, 0.25) is 0 Å². The van der Waals surface area contributed by atoms with E-state index in [9.17, 15) is 0 Å².